The summed E-state index contributed by atoms with van der Waals surface area (Å²) < 4.78 is 14.3. The highest BCUT2D eigenvalue weighted by Crippen LogP contribution is 2.24. The molecule has 0 bridgehead atoms. The smallest absolute Gasteiger partial charge is 0.147 e. The number of aromatic nitrogens is 2. The number of imidazole rings is 1. The Kier molecular flexibility index (Phi) is 7.02. The van der Waals surface area contributed by atoms with Gasteiger partial charge in [-0.2, -0.15) is 0 Å². The summed E-state index contributed by atoms with van der Waals surface area (Å²) in [5.41, 5.74) is 4.90. The molecule has 1 heterocycles. The molecule has 4 aromatic rings. The Balaban J connectivity index is 1.39. The van der Waals surface area contributed by atoms with Crippen LogP contribution in [0, 0.1) is 0 Å². The van der Waals surface area contributed by atoms with E-state index in [9.17, 15) is 0 Å². The van der Waals surface area contributed by atoms with E-state index in [-0.39, 0.29) is 5.41 Å². The zero-order valence-electron chi connectivity index (χ0n) is 20.2. The summed E-state index contributed by atoms with van der Waals surface area (Å²) >= 11 is 0. The Labute approximate surface area is 197 Å². The fourth-order valence-electron chi connectivity index (χ4n) is 3.92. The van der Waals surface area contributed by atoms with E-state index < -0.39 is 0 Å². The van der Waals surface area contributed by atoms with Gasteiger partial charge in [-0.05, 0) is 65.8 Å². The van der Waals surface area contributed by atoms with Gasteiger partial charge in [0.2, 0.25) is 0 Å². The van der Waals surface area contributed by atoms with Gasteiger partial charge >= 0.3 is 0 Å². The van der Waals surface area contributed by atoms with Gasteiger partial charge in [0.1, 0.15) is 23.9 Å². The normalized spacial score (nSPS) is 11.6. The van der Waals surface area contributed by atoms with E-state index in [1.165, 1.54) is 11.1 Å². The number of hydrogen-bond acceptors (Lipinski definition) is 3. The predicted octanol–water partition coefficient (Wildman–Crippen LogP) is 6.94. The third kappa shape index (κ3) is 5.75. The second-order valence-corrected chi connectivity index (χ2v) is 9.43. The van der Waals surface area contributed by atoms with E-state index in [0.29, 0.717) is 13.2 Å². The van der Waals surface area contributed by atoms with Crippen molar-refractivity contribution in [3.8, 4) is 11.5 Å². The molecule has 0 aliphatic rings. The van der Waals surface area contributed by atoms with Crippen LogP contribution in [0.1, 0.15) is 51.1 Å². The summed E-state index contributed by atoms with van der Waals surface area (Å²) in [6.07, 6.45) is 1.92. The number of para-hydroxylation sites is 2. The zero-order valence-corrected chi connectivity index (χ0v) is 20.2. The molecular formula is C29H34N2O2. The van der Waals surface area contributed by atoms with Crippen molar-refractivity contribution in [1.29, 1.82) is 0 Å². The highest BCUT2D eigenvalue weighted by atomic mass is 16.5. The Bertz CT molecular complexity index is 1170. The van der Waals surface area contributed by atoms with Crippen molar-refractivity contribution >= 4 is 11.0 Å². The molecule has 3 aromatic carbocycles. The van der Waals surface area contributed by atoms with Gasteiger partial charge in [0, 0.05) is 6.54 Å². The van der Waals surface area contributed by atoms with Crippen LogP contribution in [-0.4, -0.2) is 16.2 Å². The molecule has 33 heavy (non-hydrogen) atoms. The van der Waals surface area contributed by atoms with Gasteiger partial charge in [0.15, 0.2) is 0 Å². The quantitative estimate of drug-likeness (QED) is 0.263. The maximum atomic E-state index is 6.06. The molecule has 0 spiro atoms. The van der Waals surface area contributed by atoms with E-state index >= 15 is 0 Å². The van der Waals surface area contributed by atoms with Crippen molar-refractivity contribution in [1.82, 2.24) is 9.55 Å². The number of benzene rings is 3. The summed E-state index contributed by atoms with van der Waals surface area (Å²) in [7, 11) is 0. The molecule has 0 saturated carbocycles. The number of ether oxygens (including phenoxy) is 2. The van der Waals surface area contributed by atoms with Crippen LogP contribution in [0.25, 0.3) is 11.0 Å². The van der Waals surface area contributed by atoms with E-state index in [1.807, 2.05) is 18.2 Å². The van der Waals surface area contributed by atoms with E-state index in [0.717, 1.165) is 47.7 Å². The number of aryl methyl sites for hydroxylation is 2. The highest BCUT2D eigenvalue weighted by molar-refractivity contribution is 5.75. The summed E-state index contributed by atoms with van der Waals surface area (Å²) in [6, 6.07) is 25.0. The molecule has 0 atom stereocenters. The van der Waals surface area contributed by atoms with Crippen LogP contribution in [0.3, 0.4) is 0 Å². The molecule has 0 radical (unpaired) electrons. The van der Waals surface area contributed by atoms with Crippen molar-refractivity contribution in [2.75, 3.05) is 6.61 Å². The van der Waals surface area contributed by atoms with Crippen LogP contribution in [0.4, 0.5) is 0 Å². The second kappa shape index (κ2) is 10.1. The largest absolute Gasteiger partial charge is 0.494 e. The topological polar surface area (TPSA) is 36.3 Å². The van der Waals surface area contributed by atoms with Gasteiger partial charge in [0.05, 0.1) is 17.6 Å². The van der Waals surface area contributed by atoms with Crippen molar-refractivity contribution in [3.63, 3.8) is 0 Å². The first-order valence-electron chi connectivity index (χ1n) is 11.8. The van der Waals surface area contributed by atoms with Gasteiger partial charge in [-0.15, -0.1) is 0 Å². The first-order chi connectivity index (χ1) is 15.9. The minimum atomic E-state index is 0.150. The molecule has 4 nitrogen and oxygen atoms in total. The molecule has 0 fully saturated rings. The lowest BCUT2D eigenvalue weighted by Gasteiger charge is -2.19. The van der Waals surface area contributed by atoms with Crippen LogP contribution in [0.2, 0.25) is 0 Å². The lowest BCUT2D eigenvalue weighted by atomic mass is 9.87. The summed E-state index contributed by atoms with van der Waals surface area (Å²) in [6.45, 7) is 10.7. The van der Waals surface area contributed by atoms with Crippen LogP contribution >= 0.6 is 0 Å². The third-order valence-corrected chi connectivity index (χ3v) is 5.95. The van der Waals surface area contributed by atoms with Crippen molar-refractivity contribution in [2.24, 2.45) is 0 Å². The Morgan fingerprint density at radius 1 is 0.818 bits per heavy atom. The molecule has 0 amide bonds. The third-order valence-electron chi connectivity index (χ3n) is 5.95. The number of hydrogen-bond donors (Lipinski definition) is 0. The summed E-state index contributed by atoms with van der Waals surface area (Å²) in [5, 5.41) is 0. The maximum absolute atomic E-state index is 6.06. The van der Waals surface area contributed by atoms with Gasteiger partial charge in [-0.25, -0.2) is 4.98 Å². The first-order valence-corrected chi connectivity index (χ1v) is 11.8. The summed E-state index contributed by atoms with van der Waals surface area (Å²) in [5.74, 6) is 2.72. The lowest BCUT2D eigenvalue weighted by molar-refractivity contribution is 0.280. The minimum absolute atomic E-state index is 0.150. The first kappa shape index (κ1) is 22.9. The number of rotatable bonds is 9. The monoisotopic (exact) mass is 442 g/mol. The Morgan fingerprint density at radius 2 is 1.48 bits per heavy atom. The fourth-order valence-corrected chi connectivity index (χ4v) is 3.92. The van der Waals surface area contributed by atoms with Gasteiger partial charge in [-0.1, -0.05) is 64.1 Å². The van der Waals surface area contributed by atoms with E-state index in [2.05, 4.69) is 86.9 Å². The molecule has 1 aromatic heterocycles. The average molecular weight is 443 g/mol. The average Bonchev–Trinajstić information content (AvgIpc) is 3.18. The molecular weight excluding hydrogens is 408 g/mol. The molecule has 172 valence electrons. The number of nitrogens with zero attached hydrogens (tertiary/aromatic N) is 2. The van der Waals surface area contributed by atoms with Crippen molar-refractivity contribution < 1.29 is 9.47 Å². The molecule has 0 aliphatic carbocycles. The van der Waals surface area contributed by atoms with Gasteiger partial charge in [0.25, 0.3) is 0 Å². The standard InChI is InChI=1S/C29H34N2O2/c1-5-22-11-15-25(16-12-22)33-21-28-30-26-9-6-7-10-27(26)31(28)19-8-20-32-24-17-13-23(14-18-24)29(2,3)4/h6-7,9-18H,5,8,19-21H2,1-4H3. The van der Waals surface area contributed by atoms with E-state index in [4.69, 9.17) is 14.5 Å². The SMILES string of the molecule is CCc1ccc(OCc2nc3ccccc3n2CCCOc2ccc(C(C)(C)C)cc2)cc1. The molecule has 0 N–H and O–H groups in total. The Morgan fingerprint density at radius 3 is 2.18 bits per heavy atom. The zero-order chi connectivity index (χ0) is 23.3. The van der Waals surface area contributed by atoms with E-state index in [1.54, 1.807) is 0 Å². The molecule has 0 saturated heterocycles. The van der Waals surface area contributed by atoms with Crippen LogP contribution < -0.4 is 9.47 Å². The maximum Gasteiger partial charge on any atom is 0.147 e. The van der Waals surface area contributed by atoms with Gasteiger partial charge < -0.3 is 14.0 Å². The predicted molar refractivity (Wildman–Crippen MR) is 135 cm³/mol. The van der Waals surface area contributed by atoms with Crippen LogP contribution in [0.15, 0.2) is 72.8 Å². The highest BCUT2D eigenvalue weighted by Gasteiger charge is 2.13. The van der Waals surface area contributed by atoms with Gasteiger partial charge in [-0.3, -0.25) is 0 Å². The second-order valence-electron chi connectivity index (χ2n) is 9.43. The molecule has 0 unspecified atom stereocenters. The fraction of sp³-hybridized carbons (Fsp3) is 0.345. The molecule has 4 heteroatoms. The van der Waals surface area contributed by atoms with Crippen molar-refractivity contribution in [2.45, 2.75) is 59.1 Å². The Hall–Kier alpha value is -3.27. The minimum Gasteiger partial charge on any atom is -0.494 e. The summed E-state index contributed by atoms with van der Waals surface area (Å²) in [4.78, 5) is 4.83. The lowest BCUT2D eigenvalue weighted by Crippen LogP contribution is -2.11. The van der Waals surface area contributed by atoms with Crippen molar-refractivity contribution in [3.05, 3.63) is 89.7 Å². The number of fused-ring (bicyclic) bond motifs is 1. The van der Waals surface area contributed by atoms with Crippen LogP contribution in [0.5, 0.6) is 11.5 Å². The van der Waals surface area contributed by atoms with Crippen LogP contribution in [-0.2, 0) is 25.0 Å². The molecule has 0 aliphatic heterocycles. The molecule has 4 rings (SSSR count).